The molecular weight excluding hydrogens is 450 g/mol. The van der Waals surface area contributed by atoms with Crippen molar-refractivity contribution in [3.05, 3.63) is 24.2 Å². The van der Waals surface area contributed by atoms with E-state index in [4.69, 9.17) is 18.5 Å². The van der Waals surface area contributed by atoms with E-state index < -0.39 is 0 Å². The predicted molar refractivity (Wildman–Crippen MR) is 122 cm³/mol. The molecule has 0 aliphatic carbocycles. The van der Waals surface area contributed by atoms with E-state index >= 15 is 0 Å². The first kappa shape index (κ1) is 24.8. The molecule has 3 rings (SSSR count). The number of aromatic nitrogens is 3. The summed E-state index contributed by atoms with van der Waals surface area (Å²) in [5.41, 5.74) is 1.67. The Bertz CT molecular complexity index is 939. The number of aryl methyl sites for hydroxylation is 1. The molecule has 1 saturated heterocycles. The van der Waals surface area contributed by atoms with Crippen molar-refractivity contribution in [2.45, 2.75) is 50.8 Å². The molecule has 0 aromatic carbocycles. The molecule has 0 unspecified atom stereocenters. The lowest BCUT2D eigenvalue weighted by Gasteiger charge is -2.31. The van der Waals surface area contributed by atoms with Gasteiger partial charge in [0.2, 0.25) is 5.75 Å². The summed E-state index contributed by atoms with van der Waals surface area (Å²) < 4.78 is 21.8. The minimum Gasteiger partial charge on any atom is -0.489 e. The van der Waals surface area contributed by atoms with Crippen molar-refractivity contribution >= 4 is 29.6 Å². The second-order valence-electron chi connectivity index (χ2n) is 7.58. The van der Waals surface area contributed by atoms with Crippen molar-refractivity contribution in [2.75, 3.05) is 32.6 Å². The van der Waals surface area contributed by atoms with E-state index in [0.29, 0.717) is 48.4 Å². The summed E-state index contributed by atoms with van der Waals surface area (Å²) in [7, 11) is 2.97. The van der Waals surface area contributed by atoms with E-state index in [9.17, 15) is 4.79 Å². The third-order valence-electron chi connectivity index (χ3n) is 4.82. The molecule has 12 heteroatoms. The zero-order chi connectivity index (χ0) is 23.8. The number of methoxy groups -OCH3 is 1. The van der Waals surface area contributed by atoms with Crippen LogP contribution in [-0.4, -0.2) is 65.5 Å². The van der Waals surface area contributed by atoms with Gasteiger partial charge in [-0.15, -0.1) is 0 Å². The topological polar surface area (TPSA) is 117 Å². The minimum absolute atomic E-state index is 0.106. The van der Waals surface area contributed by atoms with Gasteiger partial charge in [-0.25, -0.2) is 19.7 Å². The lowest BCUT2D eigenvalue weighted by Crippen LogP contribution is -2.42. The van der Waals surface area contributed by atoms with E-state index in [1.165, 1.54) is 20.5 Å². The van der Waals surface area contributed by atoms with E-state index in [1.807, 2.05) is 26.8 Å². The number of carbonyl (C=O) groups is 1. The van der Waals surface area contributed by atoms with Crippen LogP contribution in [0.3, 0.4) is 0 Å². The van der Waals surface area contributed by atoms with Crippen LogP contribution in [0, 0.1) is 6.92 Å². The Balaban J connectivity index is 1.66. The fourth-order valence-corrected chi connectivity index (χ4v) is 3.67. The Hall–Kier alpha value is -2.83. The Kier molecular flexibility index (Phi) is 8.92. The maximum absolute atomic E-state index is 12.1. The van der Waals surface area contributed by atoms with Gasteiger partial charge in [-0.05, 0) is 32.4 Å². The molecule has 33 heavy (non-hydrogen) atoms. The molecule has 1 aliphatic rings. The molecule has 0 bridgehead atoms. The second-order valence-corrected chi connectivity index (χ2v) is 8.30. The number of likely N-dealkylation sites (tertiary alicyclic amines) is 1. The van der Waals surface area contributed by atoms with Crippen LogP contribution in [0.5, 0.6) is 11.6 Å². The fraction of sp³-hybridized carbons (Fsp3) is 0.524. The Morgan fingerprint density at radius 1 is 1.21 bits per heavy atom. The molecule has 0 spiro atoms. The highest BCUT2D eigenvalue weighted by Gasteiger charge is 2.27. The van der Waals surface area contributed by atoms with Crippen LogP contribution >= 0.6 is 12.0 Å². The molecule has 180 valence electrons. The molecule has 1 fully saturated rings. The molecule has 1 N–H and O–H groups in total. The molecule has 1 aliphatic heterocycles. The second kappa shape index (κ2) is 11.9. The molecular formula is C21H29N5O6S. The standard InChI is InChI=1S/C21H29N5O6S/c1-13(2)30-21(27)26-8-6-15(7-9-26)31-20-18(28-4)19(23-12-24-20)25-16-11-22-17(10-14(16)3)33-32-29-5/h10-13,15H,6-9H2,1-5H3,(H,23,24,25). The van der Waals surface area contributed by atoms with Gasteiger partial charge < -0.3 is 24.4 Å². The Morgan fingerprint density at radius 2 is 1.97 bits per heavy atom. The average molecular weight is 480 g/mol. The predicted octanol–water partition coefficient (Wildman–Crippen LogP) is 3.91. The van der Waals surface area contributed by atoms with E-state index in [2.05, 4.69) is 25.2 Å². The van der Waals surface area contributed by atoms with Gasteiger partial charge in [0.25, 0.3) is 5.88 Å². The summed E-state index contributed by atoms with van der Waals surface area (Å²) in [6.45, 7) is 6.71. The maximum atomic E-state index is 12.1. The summed E-state index contributed by atoms with van der Waals surface area (Å²) >= 11 is 1.02. The molecule has 2 aromatic heterocycles. The lowest BCUT2D eigenvalue weighted by molar-refractivity contribution is -0.160. The van der Waals surface area contributed by atoms with Crippen LogP contribution in [0.2, 0.25) is 0 Å². The number of hydrogen-bond donors (Lipinski definition) is 1. The van der Waals surface area contributed by atoms with Crippen LogP contribution < -0.4 is 14.8 Å². The number of ether oxygens (including phenoxy) is 3. The number of anilines is 2. The largest absolute Gasteiger partial charge is 0.489 e. The van der Waals surface area contributed by atoms with Gasteiger partial charge in [0.05, 0.1) is 44.3 Å². The monoisotopic (exact) mass is 479 g/mol. The van der Waals surface area contributed by atoms with Gasteiger partial charge in [0.15, 0.2) is 5.82 Å². The molecule has 0 saturated carbocycles. The van der Waals surface area contributed by atoms with Crippen LogP contribution in [0.4, 0.5) is 16.3 Å². The van der Waals surface area contributed by atoms with Crippen molar-refractivity contribution in [1.29, 1.82) is 0 Å². The number of carbonyl (C=O) groups excluding carboxylic acids is 1. The molecule has 1 amide bonds. The number of hydrogen-bond acceptors (Lipinski definition) is 11. The first-order valence-corrected chi connectivity index (χ1v) is 11.3. The third kappa shape index (κ3) is 6.83. The summed E-state index contributed by atoms with van der Waals surface area (Å²) in [5, 5.41) is 3.88. The molecule has 0 radical (unpaired) electrons. The van der Waals surface area contributed by atoms with Gasteiger partial charge in [0.1, 0.15) is 17.5 Å². The van der Waals surface area contributed by atoms with Gasteiger partial charge in [-0.2, -0.15) is 9.32 Å². The van der Waals surface area contributed by atoms with Crippen molar-refractivity contribution in [1.82, 2.24) is 19.9 Å². The summed E-state index contributed by atoms with van der Waals surface area (Å²) in [6, 6.07) is 1.86. The van der Waals surface area contributed by atoms with Gasteiger partial charge >= 0.3 is 6.09 Å². The minimum atomic E-state index is -0.295. The maximum Gasteiger partial charge on any atom is 0.410 e. The Morgan fingerprint density at radius 3 is 2.61 bits per heavy atom. The van der Waals surface area contributed by atoms with Gasteiger partial charge in [-0.3, -0.25) is 0 Å². The number of nitrogens with one attached hydrogen (secondary N) is 1. The highest BCUT2D eigenvalue weighted by Crippen LogP contribution is 2.35. The van der Waals surface area contributed by atoms with Gasteiger partial charge in [0, 0.05) is 25.9 Å². The quantitative estimate of drug-likeness (QED) is 0.320. The zero-order valence-electron chi connectivity index (χ0n) is 19.4. The first-order valence-electron chi connectivity index (χ1n) is 10.5. The molecule has 3 heterocycles. The van der Waals surface area contributed by atoms with Crippen LogP contribution in [0.15, 0.2) is 23.6 Å². The van der Waals surface area contributed by atoms with E-state index in [-0.39, 0.29) is 18.3 Å². The summed E-state index contributed by atoms with van der Waals surface area (Å²) in [4.78, 5) is 31.2. The first-order chi connectivity index (χ1) is 15.9. The van der Waals surface area contributed by atoms with E-state index in [1.54, 1.807) is 11.1 Å². The fourth-order valence-electron chi connectivity index (χ4n) is 3.21. The summed E-state index contributed by atoms with van der Waals surface area (Å²) in [6.07, 6.45) is 3.86. The van der Waals surface area contributed by atoms with Crippen molar-refractivity contribution in [2.24, 2.45) is 0 Å². The molecule has 2 aromatic rings. The normalized spacial score (nSPS) is 14.3. The lowest BCUT2D eigenvalue weighted by atomic mass is 10.1. The average Bonchev–Trinajstić information content (AvgIpc) is 2.79. The summed E-state index contributed by atoms with van der Waals surface area (Å²) in [5.74, 6) is 1.18. The van der Waals surface area contributed by atoms with Crippen molar-refractivity contribution < 1.29 is 28.2 Å². The number of nitrogens with zero attached hydrogens (tertiary/aromatic N) is 4. The van der Waals surface area contributed by atoms with E-state index in [0.717, 1.165) is 23.3 Å². The number of piperidine rings is 1. The zero-order valence-corrected chi connectivity index (χ0v) is 20.2. The highest BCUT2D eigenvalue weighted by molar-refractivity contribution is 7.94. The number of amides is 1. The van der Waals surface area contributed by atoms with Crippen LogP contribution in [0.1, 0.15) is 32.3 Å². The highest BCUT2D eigenvalue weighted by atomic mass is 32.2. The molecule has 0 atom stereocenters. The van der Waals surface area contributed by atoms with Crippen molar-refractivity contribution in [3.8, 4) is 11.6 Å². The SMILES string of the molecule is COOSc1cc(C)c(Nc2ncnc(OC3CCN(C(=O)OC(C)C)CC3)c2OC)cn1. The van der Waals surface area contributed by atoms with Crippen LogP contribution in [0.25, 0.3) is 0 Å². The number of rotatable bonds is 9. The third-order valence-corrected chi connectivity index (χ3v) is 5.41. The smallest absolute Gasteiger partial charge is 0.410 e. The molecule has 11 nitrogen and oxygen atoms in total. The van der Waals surface area contributed by atoms with Crippen LogP contribution in [-0.2, 0) is 14.0 Å². The Labute approximate surface area is 197 Å². The van der Waals surface area contributed by atoms with Gasteiger partial charge in [-0.1, -0.05) is 0 Å². The number of pyridine rings is 1. The van der Waals surface area contributed by atoms with Crippen molar-refractivity contribution in [3.63, 3.8) is 0 Å².